The van der Waals surface area contributed by atoms with E-state index in [0.29, 0.717) is 52.0 Å². The molecule has 8 nitrogen and oxygen atoms in total. The van der Waals surface area contributed by atoms with Gasteiger partial charge < -0.3 is 19.5 Å². The van der Waals surface area contributed by atoms with Gasteiger partial charge in [0.1, 0.15) is 11.0 Å². The first-order chi connectivity index (χ1) is 13.1. The zero-order chi connectivity index (χ0) is 19.8. The van der Waals surface area contributed by atoms with Crippen molar-refractivity contribution in [2.24, 2.45) is 5.90 Å². The fourth-order valence-electron chi connectivity index (χ4n) is 3.44. The Morgan fingerprint density at radius 2 is 1.78 bits per heavy atom. The van der Waals surface area contributed by atoms with E-state index in [1.54, 1.807) is 0 Å². The number of rotatable bonds is 6. The van der Waals surface area contributed by atoms with Crippen molar-refractivity contribution >= 4 is 16.3 Å². The van der Waals surface area contributed by atoms with Gasteiger partial charge in [-0.15, -0.1) is 0 Å². The Morgan fingerprint density at radius 1 is 1.19 bits per heavy atom. The van der Waals surface area contributed by atoms with Crippen LogP contribution in [0.4, 0.5) is 0 Å². The molecule has 0 unspecified atom stereocenters. The van der Waals surface area contributed by atoms with E-state index in [1.165, 1.54) is 4.31 Å². The molecule has 9 heteroatoms. The highest BCUT2D eigenvalue weighted by atomic mass is 32.2. The van der Waals surface area contributed by atoms with Crippen LogP contribution in [-0.4, -0.2) is 61.4 Å². The number of piperidine rings is 1. The number of hydrogen-bond donors (Lipinski definition) is 2. The van der Waals surface area contributed by atoms with Crippen LogP contribution in [0.1, 0.15) is 31.2 Å². The lowest BCUT2D eigenvalue weighted by atomic mass is 10.0. The SMILES string of the molecule is NO.O=CC1(S(=O)(=O)N2CCC(OCc3ccccc3)CC2)CCOCC1. The second-order valence-electron chi connectivity index (χ2n) is 6.70. The van der Waals surface area contributed by atoms with E-state index in [9.17, 15) is 13.2 Å². The van der Waals surface area contributed by atoms with Crippen molar-refractivity contribution in [3.05, 3.63) is 35.9 Å². The number of carbonyl (C=O) groups is 1. The van der Waals surface area contributed by atoms with E-state index < -0.39 is 14.8 Å². The maximum atomic E-state index is 13.0. The normalized spacial score (nSPS) is 21.1. The van der Waals surface area contributed by atoms with Crippen LogP contribution < -0.4 is 5.90 Å². The Morgan fingerprint density at radius 3 is 2.33 bits per heavy atom. The molecule has 0 amide bonds. The van der Waals surface area contributed by atoms with Crippen LogP contribution in [0.25, 0.3) is 0 Å². The molecule has 0 bridgehead atoms. The Kier molecular flexibility index (Phi) is 8.33. The summed E-state index contributed by atoms with van der Waals surface area (Å²) in [6, 6.07) is 9.93. The zero-order valence-corrected chi connectivity index (χ0v) is 16.1. The molecule has 3 rings (SSSR count). The Hall–Kier alpha value is -1.36. The minimum Gasteiger partial charge on any atom is -0.381 e. The summed E-state index contributed by atoms with van der Waals surface area (Å²) in [6.07, 6.45) is 2.44. The molecule has 152 valence electrons. The predicted octanol–water partition coefficient (Wildman–Crippen LogP) is 1.08. The van der Waals surface area contributed by atoms with Crippen molar-refractivity contribution in [1.29, 1.82) is 0 Å². The molecule has 2 saturated heterocycles. The first kappa shape index (κ1) is 21.9. The van der Waals surface area contributed by atoms with Gasteiger partial charge in [0.25, 0.3) is 0 Å². The van der Waals surface area contributed by atoms with E-state index >= 15 is 0 Å². The number of nitrogens with zero attached hydrogens (tertiary/aromatic N) is 1. The minimum absolute atomic E-state index is 0.0496. The van der Waals surface area contributed by atoms with Crippen LogP contribution in [0.3, 0.4) is 0 Å². The molecule has 2 heterocycles. The molecule has 0 aliphatic carbocycles. The third kappa shape index (κ3) is 5.13. The smallest absolute Gasteiger partial charge is 0.226 e. The quantitative estimate of drug-likeness (QED) is 0.542. The third-order valence-electron chi connectivity index (χ3n) is 5.14. The second-order valence-corrected chi connectivity index (χ2v) is 8.97. The van der Waals surface area contributed by atoms with Gasteiger partial charge in [0.15, 0.2) is 0 Å². The van der Waals surface area contributed by atoms with Gasteiger partial charge in [0.2, 0.25) is 10.0 Å². The van der Waals surface area contributed by atoms with Gasteiger partial charge in [-0.25, -0.2) is 18.6 Å². The van der Waals surface area contributed by atoms with Crippen molar-refractivity contribution in [3.8, 4) is 0 Å². The molecular weight excluding hydrogens is 372 g/mol. The number of nitrogens with two attached hydrogens (primary N) is 1. The highest BCUT2D eigenvalue weighted by Crippen LogP contribution is 2.32. The fourth-order valence-corrected chi connectivity index (χ4v) is 5.45. The largest absolute Gasteiger partial charge is 0.381 e. The third-order valence-corrected chi connectivity index (χ3v) is 7.71. The molecule has 0 spiro atoms. The van der Waals surface area contributed by atoms with Crippen LogP contribution in [0.2, 0.25) is 0 Å². The van der Waals surface area contributed by atoms with Crippen LogP contribution in [0, 0.1) is 0 Å². The van der Waals surface area contributed by atoms with Crippen LogP contribution in [-0.2, 0) is 30.9 Å². The fraction of sp³-hybridized carbons (Fsp3) is 0.611. The van der Waals surface area contributed by atoms with E-state index in [2.05, 4.69) is 5.90 Å². The zero-order valence-electron chi connectivity index (χ0n) is 15.3. The molecule has 0 aromatic heterocycles. The van der Waals surface area contributed by atoms with Crippen LogP contribution in [0.5, 0.6) is 0 Å². The molecule has 2 aliphatic rings. The van der Waals surface area contributed by atoms with E-state index in [4.69, 9.17) is 14.7 Å². The minimum atomic E-state index is -3.66. The topological polar surface area (TPSA) is 119 Å². The Bertz CT molecular complexity index is 668. The lowest BCUT2D eigenvalue weighted by molar-refractivity contribution is -0.112. The molecule has 0 atom stereocenters. The number of ether oxygens (including phenoxy) is 2. The highest BCUT2D eigenvalue weighted by molar-refractivity contribution is 7.91. The summed E-state index contributed by atoms with van der Waals surface area (Å²) in [6.45, 7) is 1.97. The van der Waals surface area contributed by atoms with Crippen LogP contribution in [0.15, 0.2) is 30.3 Å². The number of aldehydes is 1. The molecule has 2 aliphatic heterocycles. The summed E-state index contributed by atoms with van der Waals surface area (Å²) in [5, 5.41) is 6.50. The molecule has 1 aromatic rings. The average Bonchev–Trinajstić information content (AvgIpc) is 2.75. The van der Waals surface area contributed by atoms with Crippen molar-refractivity contribution in [2.45, 2.75) is 43.1 Å². The molecule has 3 N–H and O–H groups in total. The van der Waals surface area contributed by atoms with Crippen molar-refractivity contribution in [3.63, 3.8) is 0 Å². The number of sulfonamides is 1. The molecule has 1 aromatic carbocycles. The first-order valence-electron chi connectivity index (χ1n) is 9.02. The molecular formula is C18H28N2O6S. The van der Waals surface area contributed by atoms with Crippen molar-refractivity contribution < 1.29 is 27.9 Å². The van der Waals surface area contributed by atoms with E-state index in [-0.39, 0.29) is 18.9 Å². The predicted molar refractivity (Wildman–Crippen MR) is 99.6 cm³/mol. The van der Waals surface area contributed by atoms with Gasteiger partial charge >= 0.3 is 0 Å². The van der Waals surface area contributed by atoms with Crippen molar-refractivity contribution in [1.82, 2.24) is 4.31 Å². The second kappa shape index (κ2) is 10.3. The van der Waals surface area contributed by atoms with Gasteiger partial charge in [0.05, 0.1) is 12.7 Å². The molecule has 0 saturated carbocycles. The summed E-state index contributed by atoms with van der Waals surface area (Å²) in [7, 11) is -3.66. The van der Waals surface area contributed by atoms with Crippen molar-refractivity contribution in [2.75, 3.05) is 26.3 Å². The summed E-state index contributed by atoms with van der Waals surface area (Å²) in [5.74, 6) is 3.50. The number of hydrogen-bond acceptors (Lipinski definition) is 7. The summed E-state index contributed by atoms with van der Waals surface area (Å²) in [4.78, 5) is 11.6. The maximum Gasteiger partial charge on any atom is 0.226 e. The monoisotopic (exact) mass is 400 g/mol. The van der Waals surface area contributed by atoms with Gasteiger partial charge in [-0.05, 0) is 31.2 Å². The summed E-state index contributed by atoms with van der Waals surface area (Å²) < 4.78 is 37.3. The number of carbonyl (C=O) groups excluding carboxylic acids is 1. The standard InChI is InChI=1S/C18H25NO5S.H3NO/c20-15-18(8-12-23-13-9-18)25(21,22)19-10-6-17(7-11-19)24-14-16-4-2-1-3-5-16;1-2/h1-5,15,17H,6-14H2;2H,1H2. The van der Waals surface area contributed by atoms with E-state index in [0.717, 1.165) is 5.56 Å². The maximum absolute atomic E-state index is 13.0. The molecule has 0 radical (unpaired) electrons. The van der Waals surface area contributed by atoms with Gasteiger partial charge in [-0.2, -0.15) is 0 Å². The summed E-state index contributed by atoms with van der Waals surface area (Å²) >= 11 is 0. The first-order valence-corrected chi connectivity index (χ1v) is 10.5. The van der Waals surface area contributed by atoms with Gasteiger partial charge in [-0.3, -0.25) is 0 Å². The Labute approximate surface area is 160 Å². The number of benzene rings is 1. The van der Waals surface area contributed by atoms with Gasteiger partial charge in [0, 0.05) is 26.3 Å². The molecule has 2 fully saturated rings. The Balaban J connectivity index is 0.00000126. The highest BCUT2D eigenvalue weighted by Gasteiger charge is 2.48. The van der Waals surface area contributed by atoms with E-state index in [1.807, 2.05) is 30.3 Å². The summed E-state index contributed by atoms with van der Waals surface area (Å²) in [5.41, 5.74) is 1.11. The average molecular weight is 400 g/mol. The van der Waals surface area contributed by atoms with Gasteiger partial charge in [-0.1, -0.05) is 30.3 Å². The lowest BCUT2D eigenvalue weighted by Gasteiger charge is -2.39. The molecule has 27 heavy (non-hydrogen) atoms. The lowest BCUT2D eigenvalue weighted by Crippen LogP contribution is -2.54. The van der Waals surface area contributed by atoms with Crippen LogP contribution >= 0.6 is 0 Å².